The van der Waals surface area contributed by atoms with Crippen LogP contribution in [0.3, 0.4) is 0 Å². The third kappa shape index (κ3) is 3.07. The van der Waals surface area contributed by atoms with E-state index < -0.39 is 22.0 Å². The van der Waals surface area contributed by atoms with E-state index in [0.717, 1.165) is 11.3 Å². The first-order chi connectivity index (χ1) is 10.1. The van der Waals surface area contributed by atoms with E-state index in [1.165, 1.54) is 11.9 Å². The van der Waals surface area contributed by atoms with Gasteiger partial charge in [-0.3, -0.25) is 9.59 Å². The van der Waals surface area contributed by atoms with E-state index in [1.54, 1.807) is 25.9 Å². The summed E-state index contributed by atoms with van der Waals surface area (Å²) >= 11 is 0.992. The fraction of sp³-hybridized carbons (Fsp3) is 0.583. The number of aryl methyl sites for hydroxylation is 1. The molecular formula is C12H18N4O4S2. The molecule has 0 aliphatic carbocycles. The van der Waals surface area contributed by atoms with E-state index in [9.17, 15) is 18.0 Å². The first-order valence-corrected chi connectivity index (χ1v) is 8.90. The molecule has 1 N–H and O–H groups in total. The average molecular weight is 346 g/mol. The van der Waals surface area contributed by atoms with Gasteiger partial charge >= 0.3 is 0 Å². The van der Waals surface area contributed by atoms with Gasteiger partial charge in [0.25, 0.3) is 15.9 Å². The van der Waals surface area contributed by atoms with E-state index in [2.05, 4.69) is 4.98 Å². The molecule has 1 aliphatic heterocycles. The molecule has 1 fully saturated rings. The van der Waals surface area contributed by atoms with Crippen LogP contribution in [0.15, 0.2) is 4.21 Å². The zero-order chi connectivity index (χ0) is 16.7. The van der Waals surface area contributed by atoms with Gasteiger partial charge in [-0.1, -0.05) is 11.3 Å². The zero-order valence-corrected chi connectivity index (χ0v) is 14.4. The van der Waals surface area contributed by atoms with E-state index in [0.29, 0.717) is 17.2 Å². The van der Waals surface area contributed by atoms with Gasteiger partial charge in [0.2, 0.25) is 5.91 Å². The molecule has 122 valence electrons. The topological polar surface area (TPSA) is 99.7 Å². The van der Waals surface area contributed by atoms with Crippen LogP contribution in [0, 0.1) is 6.92 Å². The largest absolute Gasteiger partial charge is 0.354 e. The first-order valence-electron chi connectivity index (χ1n) is 6.60. The maximum atomic E-state index is 12.4. The van der Waals surface area contributed by atoms with Gasteiger partial charge in [0, 0.05) is 27.6 Å². The van der Waals surface area contributed by atoms with Crippen LogP contribution in [0.1, 0.15) is 18.5 Å². The Bertz CT molecular complexity index is 711. The van der Waals surface area contributed by atoms with Crippen LogP contribution in [0.25, 0.3) is 0 Å². The molecule has 1 aromatic heterocycles. The third-order valence-electron chi connectivity index (χ3n) is 3.40. The number of hydrogen-bond donors (Lipinski definition) is 1. The molecule has 0 spiro atoms. The lowest BCUT2D eigenvalue weighted by Crippen LogP contribution is -2.44. The monoisotopic (exact) mass is 346 g/mol. The Morgan fingerprint density at radius 1 is 1.45 bits per heavy atom. The van der Waals surface area contributed by atoms with Gasteiger partial charge in [-0.15, -0.1) is 0 Å². The summed E-state index contributed by atoms with van der Waals surface area (Å²) in [4.78, 5) is 30.7. The first kappa shape index (κ1) is 16.7. The van der Waals surface area contributed by atoms with Gasteiger partial charge in [0.05, 0.1) is 5.69 Å². The number of likely N-dealkylation sites (tertiary alicyclic amines) is 1. The molecule has 1 aliphatic rings. The summed E-state index contributed by atoms with van der Waals surface area (Å²) in [6.45, 7) is 1.58. The van der Waals surface area contributed by atoms with Crippen molar-refractivity contribution in [3.8, 4) is 0 Å². The number of thiazole rings is 1. The molecular weight excluding hydrogens is 328 g/mol. The Kier molecular flexibility index (Phi) is 4.43. The second kappa shape index (κ2) is 5.84. The Morgan fingerprint density at radius 3 is 2.55 bits per heavy atom. The van der Waals surface area contributed by atoms with Gasteiger partial charge in [-0.25, -0.2) is 18.1 Å². The molecule has 8 nitrogen and oxygen atoms in total. The van der Waals surface area contributed by atoms with Crippen LogP contribution in [0.5, 0.6) is 0 Å². The summed E-state index contributed by atoms with van der Waals surface area (Å²) < 4.78 is 26.8. The molecule has 0 unspecified atom stereocenters. The van der Waals surface area contributed by atoms with Crippen molar-refractivity contribution in [3.63, 3.8) is 0 Å². The predicted molar refractivity (Wildman–Crippen MR) is 82.3 cm³/mol. The fourth-order valence-corrected chi connectivity index (χ4v) is 4.61. The number of carbonyl (C=O) groups excluding carboxylic acids is 2. The standard InChI is InChI=1S/C12H18N4O4S2/c1-7-11(21-12(13-7)15(2)3)22(19,20)14-10(18)8-5-6-9(17)16(8)4/h8H,5-6H2,1-4H3,(H,14,18)/t8-/m1/s1. The van der Waals surface area contributed by atoms with Crippen molar-refractivity contribution in [1.82, 2.24) is 14.6 Å². The van der Waals surface area contributed by atoms with Gasteiger partial charge in [-0.2, -0.15) is 0 Å². The lowest BCUT2D eigenvalue weighted by Gasteiger charge is -2.18. The smallest absolute Gasteiger partial charge is 0.275 e. The summed E-state index contributed by atoms with van der Waals surface area (Å²) in [6, 6.07) is -0.746. The molecule has 2 amide bonds. The molecule has 2 heterocycles. The van der Waals surface area contributed by atoms with E-state index in [4.69, 9.17) is 0 Å². The van der Waals surface area contributed by atoms with E-state index in [1.807, 2.05) is 4.72 Å². The number of carbonyl (C=O) groups is 2. The van der Waals surface area contributed by atoms with Crippen molar-refractivity contribution < 1.29 is 18.0 Å². The second-order valence-corrected chi connectivity index (χ2v) is 8.15. The number of aromatic nitrogens is 1. The van der Waals surface area contributed by atoms with Crippen LogP contribution in [0.4, 0.5) is 5.13 Å². The molecule has 1 atom stereocenters. The summed E-state index contributed by atoms with van der Waals surface area (Å²) in [5.74, 6) is -0.853. The number of nitrogens with zero attached hydrogens (tertiary/aromatic N) is 3. The van der Waals surface area contributed by atoms with Crippen LogP contribution in [-0.2, 0) is 19.6 Å². The number of hydrogen-bond acceptors (Lipinski definition) is 7. The molecule has 0 saturated carbocycles. The summed E-state index contributed by atoms with van der Waals surface area (Å²) in [5, 5.41) is 0.540. The van der Waals surface area contributed by atoms with Crippen molar-refractivity contribution in [2.45, 2.75) is 30.0 Å². The Labute approximate surface area is 133 Å². The molecule has 0 radical (unpaired) electrons. The predicted octanol–water partition coefficient (Wildman–Crippen LogP) is -0.0568. The molecule has 1 aromatic rings. The van der Waals surface area contributed by atoms with Gasteiger partial charge in [-0.05, 0) is 13.3 Å². The van der Waals surface area contributed by atoms with Crippen LogP contribution in [0.2, 0.25) is 0 Å². The van der Waals surface area contributed by atoms with Crippen LogP contribution >= 0.6 is 11.3 Å². The minimum Gasteiger partial charge on any atom is -0.354 e. The van der Waals surface area contributed by atoms with Crippen molar-refractivity contribution in [2.75, 3.05) is 26.0 Å². The lowest BCUT2D eigenvalue weighted by molar-refractivity contribution is -0.133. The lowest BCUT2D eigenvalue weighted by atomic mass is 10.2. The maximum Gasteiger partial charge on any atom is 0.275 e. The van der Waals surface area contributed by atoms with Crippen LogP contribution in [-0.4, -0.2) is 57.3 Å². The minimum absolute atomic E-state index is 0.0107. The summed E-state index contributed by atoms with van der Waals surface area (Å²) in [7, 11) is 1.02. The third-order valence-corrected chi connectivity index (χ3v) is 6.68. The van der Waals surface area contributed by atoms with E-state index in [-0.39, 0.29) is 16.5 Å². The van der Waals surface area contributed by atoms with Crippen LogP contribution < -0.4 is 9.62 Å². The number of likely N-dealkylation sites (N-methyl/N-ethyl adjacent to an activating group) is 1. The number of nitrogens with one attached hydrogen (secondary N) is 1. The number of amides is 2. The highest BCUT2D eigenvalue weighted by atomic mass is 32.2. The molecule has 1 saturated heterocycles. The van der Waals surface area contributed by atoms with Gasteiger partial charge in [0.15, 0.2) is 9.34 Å². The quantitative estimate of drug-likeness (QED) is 0.820. The maximum absolute atomic E-state index is 12.4. The Morgan fingerprint density at radius 2 is 2.09 bits per heavy atom. The summed E-state index contributed by atoms with van der Waals surface area (Å²) in [6.07, 6.45) is 0.570. The van der Waals surface area contributed by atoms with Gasteiger partial charge in [0.1, 0.15) is 6.04 Å². The van der Waals surface area contributed by atoms with Crippen molar-refractivity contribution >= 4 is 38.3 Å². The summed E-state index contributed by atoms with van der Waals surface area (Å²) in [5.41, 5.74) is 0.338. The number of sulfonamides is 1. The SMILES string of the molecule is Cc1nc(N(C)C)sc1S(=O)(=O)NC(=O)[C@H]1CCC(=O)N1C. The van der Waals surface area contributed by atoms with Crippen molar-refractivity contribution in [2.24, 2.45) is 0 Å². The average Bonchev–Trinajstić information content (AvgIpc) is 2.94. The normalized spacial score (nSPS) is 18.6. The zero-order valence-electron chi connectivity index (χ0n) is 12.8. The molecule has 22 heavy (non-hydrogen) atoms. The highest BCUT2D eigenvalue weighted by Crippen LogP contribution is 2.28. The molecule has 0 aromatic carbocycles. The molecule has 10 heteroatoms. The van der Waals surface area contributed by atoms with E-state index >= 15 is 0 Å². The fourth-order valence-electron chi connectivity index (χ4n) is 2.17. The molecule has 0 bridgehead atoms. The number of anilines is 1. The Hall–Kier alpha value is -1.68. The highest BCUT2D eigenvalue weighted by Gasteiger charge is 2.36. The second-order valence-electron chi connectivity index (χ2n) is 5.29. The number of rotatable bonds is 4. The highest BCUT2D eigenvalue weighted by molar-refractivity contribution is 7.92. The Balaban J connectivity index is 2.21. The van der Waals surface area contributed by atoms with Crippen molar-refractivity contribution in [3.05, 3.63) is 5.69 Å². The van der Waals surface area contributed by atoms with Gasteiger partial charge < -0.3 is 9.80 Å². The van der Waals surface area contributed by atoms with Crippen molar-refractivity contribution in [1.29, 1.82) is 0 Å². The minimum atomic E-state index is -3.99. The molecule has 2 rings (SSSR count).